The van der Waals surface area contributed by atoms with Crippen molar-refractivity contribution in [2.75, 3.05) is 32.7 Å². The molecule has 2 aliphatic rings. The van der Waals surface area contributed by atoms with E-state index < -0.39 is 18.1 Å². The van der Waals surface area contributed by atoms with Crippen LogP contribution in [0.1, 0.15) is 75.5 Å². The molecule has 0 bridgehead atoms. The minimum Gasteiger partial charge on any atom is -0.385 e. The summed E-state index contributed by atoms with van der Waals surface area (Å²) in [6.45, 7) is 6.01. The summed E-state index contributed by atoms with van der Waals surface area (Å²) >= 11 is 0. The van der Waals surface area contributed by atoms with Crippen LogP contribution >= 0.6 is 0 Å². The van der Waals surface area contributed by atoms with Crippen molar-refractivity contribution in [3.05, 3.63) is 29.5 Å². The number of hydrogen-bond acceptors (Lipinski definition) is 6. The highest BCUT2D eigenvalue weighted by Crippen LogP contribution is 2.34. The Morgan fingerprint density at radius 3 is 2.53 bits per heavy atom. The molecule has 3 heterocycles. The van der Waals surface area contributed by atoms with Gasteiger partial charge in [-0.05, 0) is 88.7 Å². The normalized spacial score (nSPS) is 18.2. The van der Waals surface area contributed by atoms with Crippen molar-refractivity contribution in [2.45, 2.75) is 83.4 Å². The first-order chi connectivity index (χ1) is 18.2. The van der Waals surface area contributed by atoms with Gasteiger partial charge in [0.25, 0.3) is 0 Å². The van der Waals surface area contributed by atoms with Crippen LogP contribution in [0.25, 0.3) is 10.9 Å². The van der Waals surface area contributed by atoms with E-state index in [4.69, 9.17) is 5.10 Å². The van der Waals surface area contributed by atoms with E-state index in [0.29, 0.717) is 13.1 Å². The molecule has 10 heteroatoms. The lowest BCUT2D eigenvalue weighted by Crippen LogP contribution is -2.39. The van der Waals surface area contributed by atoms with Crippen molar-refractivity contribution < 1.29 is 27.5 Å². The van der Waals surface area contributed by atoms with Crippen molar-refractivity contribution in [3.63, 3.8) is 0 Å². The predicted molar refractivity (Wildman–Crippen MR) is 139 cm³/mol. The standard InChI is InChI=1S/C28H39F3N4O3/c1-2-3-4-15-35-24-18-21(6-5-20-9-13-32-14-10-20)7-8-23(24)26(33-35)22-11-16-34(17-12-22)19-25(36)38-27(37)28(29,30)31/h7-8,18,20,22,32H,2-6,9-17,19H2,1H3. The number of aromatic nitrogens is 2. The zero-order valence-electron chi connectivity index (χ0n) is 22.2. The number of nitrogens with zero attached hydrogens (tertiary/aromatic N) is 3. The first-order valence-electron chi connectivity index (χ1n) is 14.0. The van der Waals surface area contributed by atoms with Crippen LogP contribution in [0.5, 0.6) is 0 Å². The number of likely N-dealkylation sites (tertiary alicyclic amines) is 1. The molecule has 0 spiro atoms. The van der Waals surface area contributed by atoms with Crippen LogP contribution in [0, 0.1) is 5.92 Å². The number of piperidine rings is 2. The van der Waals surface area contributed by atoms with Crippen LogP contribution in [0.2, 0.25) is 0 Å². The van der Waals surface area contributed by atoms with E-state index in [1.807, 2.05) is 0 Å². The van der Waals surface area contributed by atoms with Gasteiger partial charge in [0.05, 0.1) is 17.8 Å². The number of alkyl halides is 3. The lowest BCUT2D eigenvalue weighted by molar-refractivity contribution is -0.202. The highest BCUT2D eigenvalue weighted by atomic mass is 19.4. The molecule has 1 aromatic carbocycles. The third-order valence-electron chi connectivity index (χ3n) is 7.88. The Bertz CT molecular complexity index is 1090. The molecule has 2 saturated heterocycles. The molecule has 2 aromatic rings. The van der Waals surface area contributed by atoms with Gasteiger partial charge in [-0.15, -0.1) is 0 Å². The quantitative estimate of drug-likeness (QED) is 0.263. The molecule has 1 N–H and O–H groups in total. The smallest absolute Gasteiger partial charge is 0.385 e. The molecule has 0 aliphatic carbocycles. The molecular formula is C28H39F3N4O3. The largest absolute Gasteiger partial charge is 0.491 e. The van der Waals surface area contributed by atoms with Crippen molar-refractivity contribution in [3.8, 4) is 0 Å². The minimum absolute atomic E-state index is 0.203. The Morgan fingerprint density at radius 1 is 1.11 bits per heavy atom. The summed E-state index contributed by atoms with van der Waals surface area (Å²) in [7, 11) is 0. The molecular weight excluding hydrogens is 497 g/mol. The summed E-state index contributed by atoms with van der Waals surface area (Å²) in [4.78, 5) is 24.5. The van der Waals surface area contributed by atoms with Gasteiger partial charge in [-0.25, -0.2) is 4.79 Å². The Hall–Kier alpha value is -2.46. The monoisotopic (exact) mass is 536 g/mol. The number of halogens is 3. The van der Waals surface area contributed by atoms with Crippen LogP contribution in [0.4, 0.5) is 13.2 Å². The minimum atomic E-state index is -5.17. The topological polar surface area (TPSA) is 76.5 Å². The number of carbonyl (C=O) groups is 2. The van der Waals surface area contributed by atoms with Gasteiger partial charge in [-0.3, -0.25) is 14.4 Å². The maximum atomic E-state index is 12.4. The molecule has 2 fully saturated rings. The molecule has 0 saturated carbocycles. The molecule has 0 amide bonds. The molecule has 0 radical (unpaired) electrons. The summed E-state index contributed by atoms with van der Waals surface area (Å²) in [5.41, 5.74) is 3.59. The van der Waals surface area contributed by atoms with Gasteiger partial charge in [-0.2, -0.15) is 18.3 Å². The molecule has 0 unspecified atom stereocenters. The second-order valence-corrected chi connectivity index (χ2v) is 10.7. The van der Waals surface area contributed by atoms with Crippen molar-refractivity contribution in [2.24, 2.45) is 5.92 Å². The van der Waals surface area contributed by atoms with E-state index in [9.17, 15) is 22.8 Å². The first kappa shape index (κ1) is 28.5. The molecule has 4 rings (SSSR count). The summed E-state index contributed by atoms with van der Waals surface area (Å²) in [5, 5.41) is 9.66. The Balaban J connectivity index is 1.41. The zero-order chi connectivity index (χ0) is 27.1. The van der Waals surface area contributed by atoms with Gasteiger partial charge in [-0.1, -0.05) is 31.9 Å². The number of unbranched alkanes of at least 4 members (excludes halogenated alkanes) is 2. The number of benzene rings is 1. The van der Waals surface area contributed by atoms with E-state index in [2.05, 4.69) is 39.9 Å². The van der Waals surface area contributed by atoms with Crippen LogP contribution in [-0.4, -0.2) is 65.5 Å². The predicted octanol–water partition coefficient (Wildman–Crippen LogP) is 4.97. The molecule has 1 aromatic heterocycles. The van der Waals surface area contributed by atoms with Gasteiger partial charge >= 0.3 is 18.1 Å². The third-order valence-corrected chi connectivity index (χ3v) is 7.88. The van der Waals surface area contributed by atoms with Gasteiger partial charge in [0.15, 0.2) is 0 Å². The van der Waals surface area contributed by atoms with Crippen LogP contribution in [-0.2, 0) is 27.3 Å². The maximum absolute atomic E-state index is 12.4. The fourth-order valence-corrected chi connectivity index (χ4v) is 5.67. The number of esters is 2. The van der Waals surface area contributed by atoms with E-state index >= 15 is 0 Å². The molecule has 7 nitrogen and oxygen atoms in total. The number of carbonyl (C=O) groups excluding carboxylic acids is 2. The second-order valence-electron chi connectivity index (χ2n) is 10.7. The number of ether oxygens (including phenoxy) is 1. The number of aryl methyl sites for hydroxylation is 2. The summed E-state index contributed by atoms with van der Waals surface area (Å²) in [6, 6.07) is 6.74. The van der Waals surface area contributed by atoms with Crippen LogP contribution in [0.3, 0.4) is 0 Å². The fraction of sp³-hybridized carbons (Fsp3) is 0.679. The summed E-state index contributed by atoms with van der Waals surface area (Å²) < 4.78 is 43.2. The van der Waals surface area contributed by atoms with Gasteiger partial charge in [0.2, 0.25) is 0 Å². The van der Waals surface area contributed by atoms with Crippen molar-refractivity contribution in [1.29, 1.82) is 0 Å². The molecule has 2 aliphatic heterocycles. The average Bonchev–Trinajstić information content (AvgIpc) is 3.26. The van der Waals surface area contributed by atoms with E-state index in [1.165, 1.54) is 35.7 Å². The van der Waals surface area contributed by atoms with Crippen molar-refractivity contribution >= 4 is 22.8 Å². The van der Waals surface area contributed by atoms with Crippen LogP contribution < -0.4 is 5.32 Å². The number of hydrogen-bond donors (Lipinski definition) is 1. The van der Waals surface area contributed by atoms with Gasteiger partial charge in [0, 0.05) is 17.8 Å². The molecule has 38 heavy (non-hydrogen) atoms. The average molecular weight is 537 g/mol. The van der Waals surface area contributed by atoms with Gasteiger partial charge in [0.1, 0.15) is 0 Å². The summed E-state index contributed by atoms with van der Waals surface area (Å²) in [6.07, 6.45) is 4.43. The van der Waals surface area contributed by atoms with E-state index in [-0.39, 0.29) is 12.5 Å². The lowest BCUT2D eigenvalue weighted by atomic mass is 9.90. The number of fused-ring (bicyclic) bond motifs is 1. The Kier molecular flexibility index (Phi) is 9.81. The van der Waals surface area contributed by atoms with E-state index in [0.717, 1.165) is 69.8 Å². The SMILES string of the molecule is CCCCCn1nc(C2CCN(CC(=O)OC(=O)C(F)(F)F)CC2)c2ccc(CCC3CCNCC3)cc21. The third kappa shape index (κ3) is 7.56. The highest BCUT2D eigenvalue weighted by molar-refractivity contribution is 5.89. The second kappa shape index (κ2) is 13.1. The Morgan fingerprint density at radius 2 is 1.84 bits per heavy atom. The lowest BCUT2D eigenvalue weighted by Gasteiger charge is -2.30. The highest BCUT2D eigenvalue weighted by Gasteiger charge is 2.42. The van der Waals surface area contributed by atoms with E-state index in [1.54, 1.807) is 4.90 Å². The Labute approximate surface area is 222 Å². The summed E-state index contributed by atoms with van der Waals surface area (Å²) in [5.74, 6) is -2.65. The van der Waals surface area contributed by atoms with Crippen LogP contribution in [0.15, 0.2) is 18.2 Å². The van der Waals surface area contributed by atoms with Crippen molar-refractivity contribution in [1.82, 2.24) is 20.0 Å². The fourth-order valence-electron chi connectivity index (χ4n) is 5.67. The first-order valence-corrected chi connectivity index (χ1v) is 14.0. The maximum Gasteiger partial charge on any atom is 0.491 e. The zero-order valence-corrected chi connectivity index (χ0v) is 22.2. The van der Waals surface area contributed by atoms with Gasteiger partial charge < -0.3 is 10.1 Å². The molecule has 210 valence electrons. The number of rotatable bonds is 10. The number of nitrogens with one attached hydrogen (secondary N) is 1. The molecule has 0 atom stereocenters.